The smallest absolute Gasteiger partial charge is 0.367 e. The number of carbonyl (C=O) groups excluding carboxylic acids is 2. The van der Waals surface area contributed by atoms with Crippen molar-refractivity contribution in [3.63, 3.8) is 0 Å². The number of alkyl halides is 3. The van der Waals surface area contributed by atoms with Crippen molar-refractivity contribution in [1.29, 1.82) is 0 Å². The van der Waals surface area contributed by atoms with Crippen LogP contribution >= 0.6 is 0 Å². The van der Waals surface area contributed by atoms with Crippen LogP contribution in [0.2, 0.25) is 0 Å². The number of amides is 2. The van der Waals surface area contributed by atoms with E-state index in [4.69, 9.17) is 10.5 Å². The fourth-order valence-corrected chi connectivity index (χ4v) is 3.04. The zero-order chi connectivity index (χ0) is 17.5. The molecule has 5 nitrogen and oxygen atoms in total. The van der Waals surface area contributed by atoms with E-state index in [1.54, 1.807) is 6.07 Å². The number of morpholine rings is 1. The van der Waals surface area contributed by atoms with Crippen molar-refractivity contribution in [3.8, 4) is 0 Å². The number of carbonyl (C=O) groups is 2. The van der Waals surface area contributed by atoms with Crippen LogP contribution in [0.1, 0.15) is 23.5 Å². The lowest BCUT2D eigenvalue weighted by molar-refractivity contribution is -0.146. The highest BCUT2D eigenvalue weighted by Gasteiger charge is 2.47. The number of ether oxygens (including phenoxy) is 1. The highest BCUT2D eigenvalue weighted by atomic mass is 19.4. The van der Waals surface area contributed by atoms with E-state index in [0.29, 0.717) is 18.5 Å². The van der Waals surface area contributed by atoms with E-state index >= 15 is 0 Å². The third kappa shape index (κ3) is 3.38. The Morgan fingerprint density at radius 1 is 1.29 bits per heavy atom. The number of nitrogens with two attached hydrogens (primary N) is 1. The zero-order valence-corrected chi connectivity index (χ0v) is 12.8. The summed E-state index contributed by atoms with van der Waals surface area (Å²) in [6.45, 7) is 0.675. The van der Waals surface area contributed by atoms with Crippen molar-refractivity contribution in [1.82, 2.24) is 4.90 Å². The van der Waals surface area contributed by atoms with Crippen molar-refractivity contribution in [2.75, 3.05) is 19.7 Å². The van der Waals surface area contributed by atoms with Crippen LogP contribution in [0.25, 0.3) is 0 Å². The first-order valence-electron chi connectivity index (χ1n) is 7.64. The molecule has 2 fully saturated rings. The van der Waals surface area contributed by atoms with Crippen molar-refractivity contribution < 1.29 is 27.5 Å². The number of rotatable bonds is 3. The number of hydrogen-bond acceptors (Lipinski definition) is 3. The van der Waals surface area contributed by atoms with Crippen LogP contribution in [0, 0.1) is 5.92 Å². The maximum atomic E-state index is 12.8. The van der Waals surface area contributed by atoms with Gasteiger partial charge in [0.1, 0.15) is 0 Å². The number of benzene rings is 1. The molecule has 1 saturated carbocycles. The van der Waals surface area contributed by atoms with E-state index in [1.165, 1.54) is 11.0 Å². The summed E-state index contributed by atoms with van der Waals surface area (Å²) in [5, 5.41) is 0. The lowest BCUT2D eigenvalue weighted by Crippen LogP contribution is -2.50. The largest absolute Gasteiger partial charge is 0.416 e. The Labute approximate surface area is 136 Å². The van der Waals surface area contributed by atoms with Gasteiger partial charge in [0.15, 0.2) is 6.10 Å². The Balaban J connectivity index is 1.67. The molecule has 2 N–H and O–H groups in total. The standard InChI is InChI=1S/C16H17F3N2O3/c17-16(18,19)10-3-1-2-9(6-10)11-7-12(11)15(23)21-4-5-24-13(8-21)14(20)22/h1-3,6,11-13H,4-5,7-8H2,(H2,20,22)/t11-,12+,13-/m0/s1. The molecule has 1 aromatic carbocycles. The van der Waals surface area contributed by atoms with Gasteiger partial charge in [-0.1, -0.05) is 18.2 Å². The maximum absolute atomic E-state index is 12.8. The summed E-state index contributed by atoms with van der Waals surface area (Å²) in [6, 6.07) is 5.08. The van der Waals surface area contributed by atoms with Crippen LogP contribution in [0.5, 0.6) is 0 Å². The predicted octanol–water partition coefficient (Wildman–Crippen LogP) is 1.52. The van der Waals surface area contributed by atoms with Gasteiger partial charge in [-0.15, -0.1) is 0 Å². The average molecular weight is 342 g/mol. The second-order valence-corrected chi connectivity index (χ2v) is 6.12. The average Bonchev–Trinajstić information content (AvgIpc) is 3.34. The Hall–Kier alpha value is -2.09. The quantitative estimate of drug-likeness (QED) is 0.905. The fraction of sp³-hybridized carbons (Fsp3) is 0.500. The molecule has 1 aliphatic carbocycles. The van der Waals surface area contributed by atoms with E-state index in [1.807, 2.05) is 0 Å². The van der Waals surface area contributed by atoms with E-state index in [0.717, 1.165) is 12.1 Å². The molecule has 2 amide bonds. The van der Waals surface area contributed by atoms with Gasteiger partial charge in [-0.25, -0.2) is 0 Å². The van der Waals surface area contributed by atoms with Crippen LogP contribution in [-0.4, -0.2) is 42.5 Å². The van der Waals surface area contributed by atoms with Crippen molar-refractivity contribution in [2.45, 2.75) is 24.6 Å². The Kier molecular flexibility index (Phi) is 4.25. The molecule has 3 rings (SSSR count). The third-order valence-electron chi connectivity index (χ3n) is 4.45. The molecular weight excluding hydrogens is 325 g/mol. The molecular formula is C16H17F3N2O3. The lowest BCUT2D eigenvalue weighted by Gasteiger charge is -2.31. The van der Waals surface area contributed by atoms with E-state index in [-0.39, 0.29) is 30.9 Å². The summed E-state index contributed by atoms with van der Waals surface area (Å²) < 4.78 is 43.5. The van der Waals surface area contributed by atoms with Crippen LogP contribution in [-0.2, 0) is 20.5 Å². The second kappa shape index (κ2) is 6.08. The van der Waals surface area contributed by atoms with Gasteiger partial charge in [-0.2, -0.15) is 13.2 Å². The van der Waals surface area contributed by atoms with Crippen molar-refractivity contribution >= 4 is 11.8 Å². The molecule has 1 aliphatic heterocycles. The molecule has 2 aliphatic rings. The van der Waals surface area contributed by atoms with Gasteiger partial charge in [-0.05, 0) is 24.0 Å². The van der Waals surface area contributed by atoms with Crippen molar-refractivity contribution in [3.05, 3.63) is 35.4 Å². The summed E-state index contributed by atoms with van der Waals surface area (Å²) in [5.74, 6) is -1.35. The van der Waals surface area contributed by atoms with Gasteiger partial charge in [0.2, 0.25) is 11.8 Å². The molecule has 130 valence electrons. The number of halogens is 3. The Bertz CT molecular complexity index is 662. The molecule has 0 aromatic heterocycles. The third-order valence-corrected chi connectivity index (χ3v) is 4.45. The summed E-state index contributed by atoms with van der Waals surface area (Å²) >= 11 is 0. The highest BCUT2D eigenvalue weighted by molar-refractivity contribution is 5.85. The molecule has 0 unspecified atom stereocenters. The molecule has 1 aromatic rings. The van der Waals surface area contributed by atoms with Gasteiger partial charge in [-0.3, -0.25) is 9.59 Å². The fourth-order valence-electron chi connectivity index (χ4n) is 3.04. The SMILES string of the molecule is NC(=O)[C@@H]1CN(C(=O)[C@@H]2C[C@H]2c2cccc(C(F)(F)F)c2)CCO1. The molecule has 8 heteroatoms. The number of primary amides is 1. The van der Waals surface area contributed by atoms with Gasteiger partial charge in [0, 0.05) is 12.5 Å². The number of hydrogen-bond donors (Lipinski definition) is 1. The highest BCUT2D eigenvalue weighted by Crippen LogP contribution is 2.49. The molecule has 0 bridgehead atoms. The zero-order valence-electron chi connectivity index (χ0n) is 12.8. The summed E-state index contributed by atoms with van der Waals surface area (Å²) in [5.41, 5.74) is 5.00. The van der Waals surface area contributed by atoms with Gasteiger partial charge in [0.25, 0.3) is 0 Å². The normalized spacial score (nSPS) is 27.0. The minimum atomic E-state index is -4.40. The molecule has 0 spiro atoms. The van der Waals surface area contributed by atoms with Crippen LogP contribution in [0.3, 0.4) is 0 Å². The molecule has 1 saturated heterocycles. The van der Waals surface area contributed by atoms with E-state index < -0.39 is 23.8 Å². The molecule has 1 heterocycles. The lowest BCUT2D eigenvalue weighted by atomic mass is 10.0. The monoisotopic (exact) mass is 342 g/mol. The molecule has 3 atom stereocenters. The van der Waals surface area contributed by atoms with Crippen LogP contribution in [0.15, 0.2) is 24.3 Å². The molecule has 24 heavy (non-hydrogen) atoms. The Morgan fingerprint density at radius 2 is 2.04 bits per heavy atom. The van der Waals surface area contributed by atoms with Gasteiger partial charge >= 0.3 is 6.18 Å². The second-order valence-electron chi connectivity index (χ2n) is 6.12. The van der Waals surface area contributed by atoms with Crippen LogP contribution < -0.4 is 5.73 Å². The summed E-state index contributed by atoms with van der Waals surface area (Å²) in [7, 11) is 0. The molecule has 0 radical (unpaired) electrons. The van der Waals surface area contributed by atoms with Gasteiger partial charge in [0.05, 0.1) is 18.7 Å². The first-order valence-corrected chi connectivity index (χ1v) is 7.64. The predicted molar refractivity (Wildman–Crippen MR) is 77.8 cm³/mol. The van der Waals surface area contributed by atoms with Gasteiger partial charge < -0.3 is 15.4 Å². The maximum Gasteiger partial charge on any atom is 0.416 e. The topological polar surface area (TPSA) is 72.6 Å². The summed E-state index contributed by atoms with van der Waals surface area (Å²) in [4.78, 5) is 25.2. The summed E-state index contributed by atoms with van der Waals surface area (Å²) in [6.07, 6.45) is -4.71. The van der Waals surface area contributed by atoms with Crippen molar-refractivity contribution in [2.24, 2.45) is 11.7 Å². The minimum absolute atomic E-state index is 0.0972. The first kappa shape index (κ1) is 16.8. The number of nitrogens with zero attached hydrogens (tertiary/aromatic N) is 1. The minimum Gasteiger partial charge on any atom is -0.367 e. The Morgan fingerprint density at radius 3 is 2.71 bits per heavy atom. The van der Waals surface area contributed by atoms with Crippen LogP contribution in [0.4, 0.5) is 13.2 Å². The van der Waals surface area contributed by atoms with E-state index in [2.05, 4.69) is 0 Å². The first-order chi connectivity index (χ1) is 11.3. The van der Waals surface area contributed by atoms with E-state index in [9.17, 15) is 22.8 Å².